The number of nitrogens with one attached hydrogen (secondary N) is 1. The summed E-state index contributed by atoms with van der Waals surface area (Å²) in [6, 6.07) is 5.49. The molecule has 4 nitrogen and oxygen atoms in total. The molecule has 3 aliphatic carbocycles. The first-order valence-corrected chi connectivity index (χ1v) is 13.1. The van der Waals surface area contributed by atoms with Crippen LogP contribution in [0, 0.1) is 24.2 Å². The SMILES string of the molecule is Cc1ccc(C(=O)NCC2(CC3CC3)CCC(S(=O)(=O)CC3CC3)CC2)c(Cl)c1. The smallest absolute Gasteiger partial charge is 0.252 e. The number of rotatable bonds is 8. The normalized spacial score (nSPS) is 27.6. The van der Waals surface area contributed by atoms with Crippen molar-refractivity contribution in [2.45, 2.75) is 70.0 Å². The average Bonchev–Trinajstić information content (AvgIpc) is 3.58. The zero-order valence-electron chi connectivity index (χ0n) is 17.3. The van der Waals surface area contributed by atoms with Crippen LogP contribution in [0.2, 0.25) is 5.02 Å². The number of sulfone groups is 1. The van der Waals surface area contributed by atoms with E-state index < -0.39 is 9.84 Å². The molecule has 0 aromatic heterocycles. The van der Waals surface area contributed by atoms with Gasteiger partial charge in [-0.1, -0.05) is 30.5 Å². The van der Waals surface area contributed by atoms with Crippen LogP contribution in [-0.4, -0.2) is 31.9 Å². The predicted molar refractivity (Wildman–Crippen MR) is 117 cm³/mol. The fourth-order valence-corrected chi connectivity index (χ4v) is 7.40. The molecular formula is C23H32ClNO3S. The van der Waals surface area contributed by atoms with Gasteiger partial charge in [-0.25, -0.2) is 8.42 Å². The van der Waals surface area contributed by atoms with Gasteiger partial charge in [0.15, 0.2) is 9.84 Å². The van der Waals surface area contributed by atoms with E-state index in [1.165, 1.54) is 12.8 Å². The summed E-state index contributed by atoms with van der Waals surface area (Å²) in [5, 5.41) is 3.42. The number of carbonyl (C=O) groups is 1. The van der Waals surface area contributed by atoms with E-state index in [1.807, 2.05) is 19.1 Å². The van der Waals surface area contributed by atoms with Gasteiger partial charge < -0.3 is 5.32 Å². The number of benzene rings is 1. The maximum Gasteiger partial charge on any atom is 0.252 e. The lowest BCUT2D eigenvalue weighted by molar-refractivity contribution is 0.0895. The molecule has 29 heavy (non-hydrogen) atoms. The van der Waals surface area contributed by atoms with Crippen molar-refractivity contribution in [3.05, 3.63) is 34.3 Å². The monoisotopic (exact) mass is 437 g/mol. The van der Waals surface area contributed by atoms with E-state index in [0.29, 0.717) is 28.8 Å². The van der Waals surface area contributed by atoms with Gasteiger partial charge in [-0.3, -0.25) is 4.79 Å². The highest BCUT2D eigenvalue weighted by Gasteiger charge is 2.43. The highest BCUT2D eigenvalue weighted by atomic mass is 35.5. The van der Waals surface area contributed by atoms with Crippen LogP contribution < -0.4 is 5.32 Å². The van der Waals surface area contributed by atoms with Crippen LogP contribution in [-0.2, 0) is 9.84 Å². The molecule has 1 N–H and O–H groups in total. The molecule has 3 fully saturated rings. The molecule has 0 atom stereocenters. The molecule has 1 amide bonds. The van der Waals surface area contributed by atoms with Crippen LogP contribution in [0.25, 0.3) is 0 Å². The molecule has 0 aliphatic heterocycles. The van der Waals surface area contributed by atoms with E-state index in [0.717, 1.165) is 56.4 Å². The third-order valence-corrected chi connectivity index (χ3v) is 9.81. The molecule has 0 heterocycles. The lowest BCUT2D eigenvalue weighted by atomic mass is 9.70. The summed E-state index contributed by atoms with van der Waals surface area (Å²) in [5.41, 5.74) is 1.57. The minimum Gasteiger partial charge on any atom is -0.351 e. The van der Waals surface area contributed by atoms with Crippen molar-refractivity contribution in [2.24, 2.45) is 17.3 Å². The Morgan fingerprint density at radius 3 is 2.34 bits per heavy atom. The predicted octanol–water partition coefficient (Wildman–Crippen LogP) is 4.93. The number of aryl methyl sites for hydroxylation is 1. The molecule has 0 bridgehead atoms. The van der Waals surface area contributed by atoms with Gasteiger partial charge in [0.2, 0.25) is 0 Å². The molecule has 1 aromatic rings. The highest BCUT2D eigenvalue weighted by Crippen LogP contribution is 2.48. The van der Waals surface area contributed by atoms with Crippen LogP contribution in [0.15, 0.2) is 18.2 Å². The summed E-state index contributed by atoms with van der Waals surface area (Å²) in [6.07, 6.45) is 9.04. The summed E-state index contributed by atoms with van der Waals surface area (Å²) >= 11 is 6.26. The van der Waals surface area contributed by atoms with Gasteiger partial charge in [-0.2, -0.15) is 0 Å². The van der Waals surface area contributed by atoms with Crippen LogP contribution in [0.5, 0.6) is 0 Å². The Labute approximate surface area is 179 Å². The van der Waals surface area contributed by atoms with Crippen molar-refractivity contribution in [2.75, 3.05) is 12.3 Å². The van der Waals surface area contributed by atoms with Crippen LogP contribution >= 0.6 is 11.6 Å². The van der Waals surface area contributed by atoms with Crippen LogP contribution in [0.3, 0.4) is 0 Å². The van der Waals surface area contributed by atoms with Crippen LogP contribution in [0.1, 0.15) is 73.7 Å². The van der Waals surface area contributed by atoms with E-state index in [-0.39, 0.29) is 16.6 Å². The van der Waals surface area contributed by atoms with Gasteiger partial charge in [0.25, 0.3) is 5.91 Å². The van der Waals surface area contributed by atoms with Crippen molar-refractivity contribution >= 4 is 27.3 Å². The van der Waals surface area contributed by atoms with Gasteiger partial charge in [-0.15, -0.1) is 0 Å². The molecule has 3 aliphatic rings. The fraction of sp³-hybridized carbons (Fsp3) is 0.696. The minimum atomic E-state index is -2.97. The molecule has 0 spiro atoms. The lowest BCUT2D eigenvalue weighted by Gasteiger charge is -2.40. The second kappa shape index (κ2) is 8.22. The minimum absolute atomic E-state index is 0.0274. The first-order chi connectivity index (χ1) is 13.8. The van der Waals surface area contributed by atoms with Crippen molar-refractivity contribution in [3.63, 3.8) is 0 Å². The maximum atomic E-state index is 12.7. The van der Waals surface area contributed by atoms with Crippen molar-refractivity contribution in [3.8, 4) is 0 Å². The quantitative estimate of drug-likeness (QED) is 0.626. The number of amides is 1. The van der Waals surface area contributed by atoms with E-state index in [4.69, 9.17) is 11.6 Å². The number of halogens is 1. The number of hydrogen-bond acceptors (Lipinski definition) is 3. The lowest BCUT2D eigenvalue weighted by Crippen LogP contribution is -2.43. The molecule has 0 saturated heterocycles. The Bertz CT molecular complexity index is 866. The van der Waals surface area contributed by atoms with Crippen molar-refractivity contribution < 1.29 is 13.2 Å². The van der Waals surface area contributed by atoms with Gasteiger partial charge in [0, 0.05) is 6.54 Å². The van der Waals surface area contributed by atoms with Crippen molar-refractivity contribution in [1.82, 2.24) is 5.32 Å². The van der Waals surface area contributed by atoms with Crippen LogP contribution in [0.4, 0.5) is 0 Å². The standard InChI is InChI=1S/C23H32ClNO3S/c1-16-2-7-20(21(24)12-16)22(26)25-15-23(13-17-3-4-17)10-8-19(9-11-23)29(27,28)14-18-5-6-18/h2,7,12,17-19H,3-6,8-11,13-15H2,1H3,(H,25,26). The Hall–Kier alpha value is -1.07. The zero-order chi connectivity index (χ0) is 20.6. The second-order valence-corrected chi connectivity index (χ2v) is 12.5. The topological polar surface area (TPSA) is 63.2 Å². The van der Waals surface area contributed by atoms with E-state index in [1.54, 1.807) is 6.07 Å². The molecule has 6 heteroatoms. The molecule has 0 unspecified atom stereocenters. The zero-order valence-corrected chi connectivity index (χ0v) is 18.8. The summed E-state index contributed by atoms with van der Waals surface area (Å²) in [5.74, 6) is 1.41. The average molecular weight is 438 g/mol. The Morgan fingerprint density at radius 1 is 1.10 bits per heavy atom. The molecular weight excluding hydrogens is 406 g/mol. The number of carbonyl (C=O) groups excluding carboxylic acids is 1. The highest BCUT2D eigenvalue weighted by molar-refractivity contribution is 7.92. The summed E-state index contributed by atoms with van der Waals surface area (Å²) in [7, 11) is -2.97. The molecule has 1 aromatic carbocycles. The van der Waals surface area contributed by atoms with Gasteiger partial charge in [0.1, 0.15) is 0 Å². The second-order valence-electron chi connectivity index (χ2n) is 9.79. The molecule has 4 rings (SSSR count). The van der Waals surface area contributed by atoms with E-state index >= 15 is 0 Å². The third-order valence-electron chi connectivity index (χ3n) is 7.08. The maximum absolute atomic E-state index is 12.7. The summed E-state index contributed by atoms with van der Waals surface area (Å²) < 4.78 is 25.4. The summed E-state index contributed by atoms with van der Waals surface area (Å²) in [4.78, 5) is 12.7. The molecule has 160 valence electrons. The van der Waals surface area contributed by atoms with Gasteiger partial charge in [-0.05, 0) is 86.8 Å². The Balaban J connectivity index is 1.39. The number of hydrogen-bond donors (Lipinski definition) is 1. The summed E-state index contributed by atoms with van der Waals surface area (Å²) in [6.45, 7) is 2.57. The van der Waals surface area contributed by atoms with E-state index in [9.17, 15) is 13.2 Å². The first-order valence-electron chi connectivity index (χ1n) is 11.0. The third kappa shape index (κ3) is 5.35. The van der Waals surface area contributed by atoms with Gasteiger partial charge >= 0.3 is 0 Å². The Morgan fingerprint density at radius 2 is 1.76 bits per heavy atom. The fourth-order valence-electron chi connectivity index (χ4n) is 4.87. The first kappa shape index (κ1) is 21.2. The van der Waals surface area contributed by atoms with Gasteiger partial charge in [0.05, 0.1) is 21.6 Å². The molecule has 0 radical (unpaired) electrons. The largest absolute Gasteiger partial charge is 0.351 e. The van der Waals surface area contributed by atoms with E-state index in [2.05, 4.69) is 5.32 Å². The Kier molecular flexibility index (Phi) is 6.00. The molecule has 3 saturated carbocycles. The van der Waals surface area contributed by atoms with Crippen molar-refractivity contribution in [1.29, 1.82) is 0 Å².